The summed E-state index contributed by atoms with van der Waals surface area (Å²) in [6.07, 6.45) is 2.04. The number of thiocarbonyl (C=S) groups is 1. The Morgan fingerprint density at radius 2 is 1.89 bits per heavy atom. The van der Waals surface area contributed by atoms with E-state index in [1.54, 1.807) is 25.3 Å². The molecule has 28 heavy (non-hydrogen) atoms. The third-order valence-corrected chi connectivity index (χ3v) is 5.17. The van der Waals surface area contributed by atoms with Crippen molar-refractivity contribution in [1.29, 1.82) is 0 Å². The summed E-state index contributed by atoms with van der Waals surface area (Å²) in [6.45, 7) is 2.32. The van der Waals surface area contributed by atoms with Gasteiger partial charge in [-0.3, -0.25) is 0 Å². The molecule has 0 radical (unpaired) electrons. The molecule has 2 aliphatic rings. The summed E-state index contributed by atoms with van der Waals surface area (Å²) < 4.78 is 15.3. The van der Waals surface area contributed by atoms with E-state index in [1.165, 1.54) is 7.11 Å². The van der Waals surface area contributed by atoms with E-state index >= 15 is 0 Å². The Kier molecular flexibility index (Phi) is 6.31. The van der Waals surface area contributed by atoms with E-state index in [1.807, 2.05) is 17.9 Å². The van der Waals surface area contributed by atoms with Gasteiger partial charge in [-0.2, -0.15) is 0 Å². The van der Waals surface area contributed by atoms with Crippen molar-refractivity contribution in [1.82, 2.24) is 10.2 Å². The molecule has 0 bridgehead atoms. The summed E-state index contributed by atoms with van der Waals surface area (Å²) in [4.78, 5) is 27.2. The van der Waals surface area contributed by atoms with Crippen LogP contribution >= 0.6 is 12.2 Å². The first kappa shape index (κ1) is 20.3. The molecule has 1 saturated carbocycles. The molecule has 1 aliphatic carbocycles. The van der Waals surface area contributed by atoms with Gasteiger partial charge in [0, 0.05) is 18.8 Å². The maximum Gasteiger partial charge on any atom is 0.338 e. The highest BCUT2D eigenvalue weighted by molar-refractivity contribution is 7.80. The number of rotatable bonds is 7. The zero-order chi connectivity index (χ0) is 20.3. The molecule has 1 aromatic rings. The van der Waals surface area contributed by atoms with Crippen LogP contribution < -0.4 is 5.32 Å². The third kappa shape index (κ3) is 4.02. The molecule has 1 fully saturated rings. The normalized spacial score (nSPS) is 19.3. The number of carbonyl (C=O) groups is 2. The number of esters is 2. The van der Waals surface area contributed by atoms with Crippen molar-refractivity contribution in [2.24, 2.45) is 0 Å². The van der Waals surface area contributed by atoms with E-state index in [0.29, 0.717) is 34.5 Å². The van der Waals surface area contributed by atoms with Crippen molar-refractivity contribution < 1.29 is 23.8 Å². The minimum absolute atomic E-state index is 0.144. The Balaban J connectivity index is 2.04. The summed E-state index contributed by atoms with van der Waals surface area (Å²) in [6, 6.07) is 6.70. The molecule has 0 spiro atoms. The van der Waals surface area contributed by atoms with Gasteiger partial charge in [0.25, 0.3) is 0 Å². The van der Waals surface area contributed by atoms with Crippen LogP contribution in [0.4, 0.5) is 0 Å². The standard InChI is InChI=1S/C20H24N2O5S/c1-12-16(19(24)27-11-10-25-2)17(21-20(28)22(12)13-8-9-13)14-6-4-5-7-15(14)18(23)26-3/h4-7,13,17H,8-11H2,1-3H3,(H,21,28). The lowest BCUT2D eigenvalue weighted by atomic mass is 9.91. The van der Waals surface area contributed by atoms with Crippen LogP contribution in [-0.4, -0.2) is 55.4 Å². The van der Waals surface area contributed by atoms with Gasteiger partial charge in [-0.1, -0.05) is 18.2 Å². The number of allylic oxidation sites excluding steroid dienone is 1. The predicted octanol–water partition coefficient (Wildman–Crippen LogP) is 2.33. The van der Waals surface area contributed by atoms with Gasteiger partial charge in [-0.25, -0.2) is 9.59 Å². The van der Waals surface area contributed by atoms with Gasteiger partial charge in [-0.15, -0.1) is 0 Å². The second kappa shape index (κ2) is 8.70. The van der Waals surface area contributed by atoms with Gasteiger partial charge in [0.2, 0.25) is 0 Å². The lowest BCUT2D eigenvalue weighted by Gasteiger charge is -2.38. The second-order valence-electron chi connectivity index (χ2n) is 6.69. The van der Waals surface area contributed by atoms with Crippen molar-refractivity contribution in [2.45, 2.75) is 31.8 Å². The summed E-state index contributed by atoms with van der Waals surface area (Å²) in [5.41, 5.74) is 2.18. The average molecular weight is 404 g/mol. The van der Waals surface area contributed by atoms with Crippen LogP contribution in [0, 0.1) is 0 Å². The lowest BCUT2D eigenvalue weighted by molar-refractivity contribution is -0.140. The largest absolute Gasteiger partial charge is 0.465 e. The smallest absolute Gasteiger partial charge is 0.338 e. The van der Waals surface area contributed by atoms with Crippen LogP contribution in [0.5, 0.6) is 0 Å². The Morgan fingerprint density at radius 3 is 2.54 bits per heavy atom. The molecule has 7 nitrogen and oxygen atoms in total. The van der Waals surface area contributed by atoms with Gasteiger partial charge in [0.05, 0.1) is 30.9 Å². The van der Waals surface area contributed by atoms with Crippen molar-refractivity contribution in [3.05, 3.63) is 46.7 Å². The van der Waals surface area contributed by atoms with E-state index in [2.05, 4.69) is 5.32 Å². The van der Waals surface area contributed by atoms with Crippen LogP contribution in [0.15, 0.2) is 35.5 Å². The fourth-order valence-corrected chi connectivity index (χ4v) is 3.77. The number of benzene rings is 1. The van der Waals surface area contributed by atoms with Gasteiger partial charge < -0.3 is 24.4 Å². The summed E-state index contributed by atoms with van der Waals surface area (Å²) >= 11 is 5.57. The fraction of sp³-hybridized carbons (Fsp3) is 0.450. The summed E-state index contributed by atoms with van der Waals surface area (Å²) in [7, 11) is 2.87. The first-order valence-electron chi connectivity index (χ1n) is 9.13. The SMILES string of the molecule is COCCOC(=O)C1=C(C)N(C2CC2)C(=S)NC1c1ccccc1C(=O)OC. The monoisotopic (exact) mass is 404 g/mol. The predicted molar refractivity (Wildman–Crippen MR) is 107 cm³/mol. The Hall–Kier alpha value is -2.45. The third-order valence-electron chi connectivity index (χ3n) is 4.86. The Labute approximate surface area is 169 Å². The van der Waals surface area contributed by atoms with Gasteiger partial charge in [0.1, 0.15) is 6.61 Å². The van der Waals surface area contributed by atoms with Gasteiger partial charge in [-0.05, 0) is 43.6 Å². The molecule has 3 rings (SSSR count). The molecular weight excluding hydrogens is 380 g/mol. The number of hydrogen-bond acceptors (Lipinski definition) is 6. The Bertz CT molecular complexity index is 819. The van der Waals surface area contributed by atoms with Crippen molar-refractivity contribution >= 4 is 29.3 Å². The van der Waals surface area contributed by atoms with Crippen LogP contribution in [-0.2, 0) is 19.0 Å². The lowest BCUT2D eigenvalue weighted by Crippen LogP contribution is -2.49. The van der Waals surface area contributed by atoms with E-state index < -0.39 is 18.0 Å². The highest BCUT2D eigenvalue weighted by Gasteiger charge is 2.41. The molecule has 0 saturated heterocycles. The molecule has 0 aromatic heterocycles. The van der Waals surface area contributed by atoms with E-state index in [-0.39, 0.29) is 6.61 Å². The van der Waals surface area contributed by atoms with Gasteiger partial charge >= 0.3 is 11.9 Å². The molecule has 1 unspecified atom stereocenters. The van der Waals surface area contributed by atoms with Crippen LogP contribution in [0.1, 0.15) is 41.7 Å². The zero-order valence-corrected chi connectivity index (χ0v) is 17.0. The maximum absolute atomic E-state index is 13.0. The zero-order valence-electron chi connectivity index (χ0n) is 16.2. The molecule has 0 amide bonds. The van der Waals surface area contributed by atoms with E-state index in [0.717, 1.165) is 18.5 Å². The molecule has 1 aromatic carbocycles. The summed E-state index contributed by atoms with van der Waals surface area (Å²) in [5.74, 6) is -0.933. The van der Waals surface area contributed by atoms with Crippen LogP contribution in [0.2, 0.25) is 0 Å². The Morgan fingerprint density at radius 1 is 1.18 bits per heavy atom. The first-order chi connectivity index (χ1) is 13.5. The van der Waals surface area contributed by atoms with Crippen molar-refractivity contribution in [3.63, 3.8) is 0 Å². The molecule has 8 heteroatoms. The number of ether oxygens (including phenoxy) is 3. The van der Waals surface area contributed by atoms with E-state index in [9.17, 15) is 9.59 Å². The number of hydrogen-bond donors (Lipinski definition) is 1. The minimum Gasteiger partial charge on any atom is -0.465 e. The number of methoxy groups -OCH3 is 2. The average Bonchev–Trinajstić information content (AvgIpc) is 3.52. The highest BCUT2D eigenvalue weighted by atomic mass is 32.1. The van der Waals surface area contributed by atoms with E-state index in [4.69, 9.17) is 26.4 Å². The maximum atomic E-state index is 13.0. The molecular formula is C20H24N2O5S. The van der Waals surface area contributed by atoms with Crippen LogP contribution in [0.3, 0.4) is 0 Å². The topological polar surface area (TPSA) is 77.1 Å². The summed E-state index contributed by atoms with van der Waals surface area (Å²) in [5, 5.41) is 3.77. The fourth-order valence-electron chi connectivity index (χ4n) is 3.37. The molecule has 1 aliphatic heterocycles. The number of carbonyl (C=O) groups excluding carboxylic acids is 2. The number of nitrogens with one attached hydrogen (secondary N) is 1. The minimum atomic E-state index is -0.604. The first-order valence-corrected chi connectivity index (χ1v) is 9.54. The number of nitrogens with zero attached hydrogens (tertiary/aromatic N) is 1. The molecule has 1 atom stereocenters. The van der Waals surface area contributed by atoms with Crippen molar-refractivity contribution in [2.75, 3.05) is 27.4 Å². The van der Waals surface area contributed by atoms with Gasteiger partial charge in [0.15, 0.2) is 5.11 Å². The highest BCUT2D eigenvalue weighted by Crippen LogP contribution is 2.38. The van der Waals surface area contributed by atoms with Crippen LogP contribution in [0.25, 0.3) is 0 Å². The quantitative estimate of drug-likeness (QED) is 0.422. The van der Waals surface area contributed by atoms with Crippen molar-refractivity contribution in [3.8, 4) is 0 Å². The molecule has 150 valence electrons. The second-order valence-corrected chi connectivity index (χ2v) is 7.08. The molecule has 1 heterocycles. The molecule has 1 N–H and O–H groups in total.